The number of hydrogen-bond donors (Lipinski definition) is 2. The number of aromatic nitrogens is 1. The van der Waals surface area contributed by atoms with Crippen molar-refractivity contribution in [2.24, 2.45) is 0 Å². The van der Waals surface area contributed by atoms with Gasteiger partial charge in [0, 0.05) is 50.0 Å². The van der Waals surface area contributed by atoms with Crippen LogP contribution in [0.3, 0.4) is 0 Å². The number of benzene rings is 4. The van der Waals surface area contributed by atoms with E-state index in [1.54, 1.807) is 37.5 Å². The molecule has 3 heterocycles. The molecule has 46 heavy (non-hydrogen) atoms. The molecule has 0 aliphatic carbocycles. The topological polar surface area (TPSA) is 106 Å². The molecular weight excluding hydrogens is 580 g/mol. The molecule has 232 valence electrons. The summed E-state index contributed by atoms with van der Waals surface area (Å²) >= 11 is 0. The Morgan fingerprint density at radius 1 is 0.826 bits per heavy atom. The van der Waals surface area contributed by atoms with Gasteiger partial charge in [0.05, 0.1) is 22.3 Å². The number of amides is 3. The number of carbonyl (C=O) groups excluding carboxylic acids is 2. The number of phenolic OH excluding ortho intramolecular Hbond substituents is 1. The first-order chi connectivity index (χ1) is 22.2. The summed E-state index contributed by atoms with van der Waals surface area (Å²) in [6, 6.07) is 26.1. The number of nitrogens with zero attached hydrogens (tertiary/aromatic N) is 4. The zero-order valence-corrected chi connectivity index (χ0v) is 25.7. The predicted molar refractivity (Wildman–Crippen MR) is 176 cm³/mol. The third-order valence-corrected chi connectivity index (χ3v) is 9.34. The van der Waals surface area contributed by atoms with Crippen LogP contribution in [-0.4, -0.2) is 62.1 Å². The van der Waals surface area contributed by atoms with Gasteiger partial charge in [0.2, 0.25) is 0 Å². The van der Waals surface area contributed by atoms with Gasteiger partial charge >= 0.3 is 6.09 Å². The molecule has 4 aromatic carbocycles. The van der Waals surface area contributed by atoms with E-state index in [-0.39, 0.29) is 30.2 Å². The zero-order valence-electron chi connectivity index (χ0n) is 25.7. The van der Waals surface area contributed by atoms with Crippen molar-refractivity contribution in [3.63, 3.8) is 0 Å². The Morgan fingerprint density at radius 3 is 2.30 bits per heavy atom. The number of para-hydroxylation sites is 1. The first kappa shape index (κ1) is 29.2. The lowest BCUT2D eigenvalue weighted by molar-refractivity contribution is 0.0658. The smallest absolute Gasteiger partial charge is 0.407 e. The summed E-state index contributed by atoms with van der Waals surface area (Å²) in [7, 11) is 1.69. The maximum absolute atomic E-state index is 14.6. The van der Waals surface area contributed by atoms with E-state index in [9.17, 15) is 24.6 Å². The molecule has 9 heteroatoms. The van der Waals surface area contributed by atoms with Crippen molar-refractivity contribution in [2.45, 2.75) is 38.9 Å². The van der Waals surface area contributed by atoms with Crippen molar-refractivity contribution in [1.82, 2.24) is 14.4 Å². The number of aromatic hydroxyl groups is 1. The number of carbonyl (C=O) groups is 3. The van der Waals surface area contributed by atoms with E-state index in [4.69, 9.17) is 0 Å². The van der Waals surface area contributed by atoms with Crippen LogP contribution < -0.4 is 4.90 Å². The third kappa shape index (κ3) is 5.03. The predicted octanol–water partition coefficient (Wildman–Crippen LogP) is 6.24. The molecule has 1 atom stereocenters. The van der Waals surface area contributed by atoms with Crippen LogP contribution in [0.4, 0.5) is 10.5 Å². The van der Waals surface area contributed by atoms with Crippen molar-refractivity contribution in [3.8, 4) is 11.4 Å². The van der Waals surface area contributed by atoms with E-state index < -0.39 is 6.09 Å². The minimum Gasteiger partial charge on any atom is -0.508 e. The van der Waals surface area contributed by atoms with Crippen LogP contribution in [0, 0.1) is 0 Å². The van der Waals surface area contributed by atoms with Crippen LogP contribution in [0.2, 0.25) is 0 Å². The lowest BCUT2D eigenvalue weighted by Gasteiger charge is -2.36. The van der Waals surface area contributed by atoms with E-state index in [0.717, 1.165) is 34.0 Å². The molecule has 0 saturated heterocycles. The fraction of sp³-hybridized carbons (Fsp3) is 0.216. The number of carboxylic acid groups (broad SMARTS) is 1. The molecule has 0 saturated carbocycles. The molecule has 2 aliphatic heterocycles. The summed E-state index contributed by atoms with van der Waals surface area (Å²) in [5.74, 6) is -0.257. The van der Waals surface area contributed by atoms with Crippen LogP contribution in [0.5, 0.6) is 5.75 Å². The van der Waals surface area contributed by atoms with Gasteiger partial charge in [-0.1, -0.05) is 42.5 Å². The van der Waals surface area contributed by atoms with E-state index in [2.05, 4.69) is 19.1 Å². The summed E-state index contributed by atoms with van der Waals surface area (Å²) in [5.41, 5.74) is 7.13. The van der Waals surface area contributed by atoms with Crippen LogP contribution in [0.1, 0.15) is 49.9 Å². The fourth-order valence-electron chi connectivity index (χ4n) is 6.76. The largest absolute Gasteiger partial charge is 0.508 e. The molecule has 9 nitrogen and oxygen atoms in total. The van der Waals surface area contributed by atoms with Crippen molar-refractivity contribution >= 4 is 34.5 Å². The maximum Gasteiger partial charge on any atom is 0.407 e. The maximum atomic E-state index is 14.6. The van der Waals surface area contributed by atoms with Crippen LogP contribution in [0.25, 0.3) is 16.6 Å². The zero-order chi connectivity index (χ0) is 32.1. The molecule has 0 spiro atoms. The number of hydrogen-bond acceptors (Lipinski definition) is 4. The van der Waals surface area contributed by atoms with Gasteiger partial charge in [-0.15, -0.1) is 0 Å². The SMILES string of the molecule is C[C@@H]1Cc2ccccc2CN1C(=O)c1cc2c(cc1-n1cc(C(=O)N(C)c3ccc(O)cc3)c3ccccc31)CCN(C(=O)O)C2. The molecule has 0 unspecified atom stereocenters. The standard InChI is InChI=1S/C37H34N4O5/c1-23-17-24-7-3-4-8-26(24)21-40(23)36(44)31-18-27-20-39(37(45)46)16-15-25(27)19-34(31)41-22-32(30-9-5-6-10-33(30)41)35(43)38(2)28-11-13-29(42)14-12-28/h3-14,18-19,22-23,42H,15-17,20-21H2,1-2H3,(H,45,46)/t23-/m1/s1. The Labute approximate surface area is 266 Å². The molecule has 2 aliphatic rings. The van der Waals surface area contributed by atoms with E-state index in [1.807, 2.05) is 58.0 Å². The highest BCUT2D eigenvalue weighted by Gasteiger charge is 2.32. The van der Waals surface area contributed by atoms with Gasteiger partial charge in [-0.2, -0.15) is 0 Å². The van der Waals surface area contributed by atoms with Crippen molar-refractivity contribution in [1.29, 1.82) is 0 Å². The fourth-order valence-corrected chi connectivity index (χ4v) is 6.76. The van der Waals surface area contributed by atoms with E-state index in [0.29, 0.717) is 42.0 Å². The highest BCUT2D eigenvalue weighted by molar-refractivity contribution is 6.14. The van der Waals surface area contributed by atoms with Crippen molar-refractivity contribution < 1.29 is 24.6 Å². The second-order valence-corrected chi connectivity index (χ2v) is 12.2. The van der Waals surface area contributed by atoms with Gasteiger partial charge in [0.15, 0.2) is 0 Å². The molecule has 0 radical (unpaired) electrons. The molecule has 2 N–H and O–H groups in total. The van der Waals surface area contributed by atoms with E-state index in [1.165, 1.54) is 15.4 Å². The number of rotatable bonds is 4. The van der Waals surface area contributed by atoms with Gasteiger partial charge in [-0.05, 0) is 84.5 Å². The van der Waals surface area contributed by atoms with E-state index >= 15 is 0 Å². The third-order valence-electron chi connectivity index (χ3n) is 9.34. The van der Waals surface area contributed by atoms with Crippen LogP contribution in [-0.2, 0) is 25.9 Å². The van der Waals surface area contributed by atoms with Crippen LogP contribution >= 0.6 is 0 Å². The molecular formula is C37H34N4O5. The number of fused-ring (bicyclic) bond motifs is 3. The summed E-state index contributed by atoms with van der Waals surface area (Å²) in [6.45, 7) is 3.10. The Morgan fingerprint density at radius 2 is 1.54 bits per heavy atom. The highest BCUT2D eigenvalue weighted by Crippen LogP contribution is 2.34. The Balaban J connectivity index is 1.37. The lowest BCUT2D eigenvalue weighted by atomic mass is 9.92. The second kappa shape index (κ2) is 11.4. The first-order valence-electron chi connectivity index (χ1n) is 15.4. The van der Waals surface area contributed by atoms with Crippen molar-refractivity contribution in [2.75, 3.05) is 18.5 Å². The van der Waals surface area contributed by atoms with Gasteiger partial charge < -0.3 is 29.5 Å². The first-order valence-corrected chi connectivity index (χ1v) is 15.4. The monoisotopic (exact) mass is 614 g/mol. The number of phenols is 1. The molecule has 5 aromatic rings. The summed E-state index contributed by atoms with van der Waals surface area (Å²) in [5, 5.41) is 20.2. The summed E-state index contributed by atoms with van der Waals surface area (Å²) < 4.78 is 1.92. The Kier molecular flexibility index (Phi) is 7.23. The van der Waals surface area contributed by atoms with Crippen molar-refractivity contribution in [3.05, 3.63) is 125 Å². The van der Waals surface area contributed by atoms with Crippen LogP contribution in [0.15, 0.2) is 91.1 Å². The molecule has 1 aromatic heterocycles. The van der Waals surface area contributed by atoms with Gasteiger partial charge in [-0.25, -0.2) is 4.79 Å². The quantitative estimate of drug-likeness (QED) is 0.250. The molecule has 7 rings (SSSR count). The number of anilines is 1. The van der Waals surface area contributed by atoms with Gasteiger partial charge in [0.25, 0.3) is 11.8 Å². The molecule has 0 fully saturated rings. The molecule has 3 amide bonds. The second-order valence-electron chi connectivity index (χ2n) is 12.2. The Bertz CT molecular complexity index is 2010. The lowest BCUT2D eigenvalue weighted by Crippen LogP contribution is -2.43. The summed E-state index contributed by atoms with van der Waals surface area (Å²) in [6.07, 6.45) is 2.07. The summed E-state index contributed by atoms with van der Waals surface area (Å²) in [4.78, 5) is 45.2. The van der Waals surface area contributed by atoms with Gasteiger partial charge in [-0.3, -0.25) is 9.59 Å². The minimum atomic E-state index is -0.985. The average Bonchev–Trinajstić information content (AvgIpc) is 3.46. The minimum absolute atomic E-state index is 0.0423. The van der Waals surface area contributed by atoms with Gasteiger partial charge in [0.1, 0.15) is 5.75 Å². The highest BCUT2D eigenvalue weighted by atomic mass is 16.4. The average molecular weight is 615 g/mol. The molecule has 0 bridgehead atoms. The normalized spacial score (nSPS) is 15.7. The Hall–Kier alpha value is -5.57.